The number of nitrogen functional groups attached to an aromatic ring is 1. The van der Waals surface area contributed by atoms with E-state index >= 15 is 0 Å². The smallest absolute Gasteiger partial charge is 0.0346 e. The first-order chi connectivity index (χ1) is 8.15. The summed E-state index contributed by atoms with van der Waals surface area (Å²) >= 11 is 1.80. The highest BCUT2D eigenvalue weighted by atomic mass is 32.1. The third-order valence-corrected chi connectivity index (χ3v) is 3.66. The fourth-order valence-electron chi connectivity index (χ4n) is 1.82. The van der Waals surface area contributed by atoms with Crippen LogP contribution < -0.4 is 5.73 Å². The molecule has 0 atom stereocenters. The second-order valence-corrected chi connectivity index (χ2v) is 5.47. The van der Waals surface area contributed by atoms with Crippen LogP contribution in [0, 0.1) is 6.92 Å². The van der Waals surface area contributed by atoms with Crippen LogP contribution in [-0.2, 0) is 13.1 Å². The maximum Gasteiger partial charge on any atom is 0.0346 e. The summed E-state index contributed by atoms with van der Waals surface area (Å²) in [5, 5.41) is 2.12. The van der Waals surface area contributed by atoms with E-state index in [9.17, 15) is 0 Å². The number of hydrogen-bond donors (Lipinski definition) is 1. The molecule has 2 nitrogen and oxygen atoms in total. The second-order valence-electron chi connectivity index (χ2n) is 4.44. The normalized spacial score (nSPS) is 11.0. The van der Waals surface area contributed by atoms with Crippen molar-refractivity contribution in [2.75, 3.05) is 12.8 Å². The van der Waals surface area contributed by atoms with Gasteiger partial charge in [0.25, 0.3) is 0 Å². The highest BCUT2D eigenvalue weighted by Crippen LogP contribution is 2.16. The Morgan fingerprint density at radius 2 is 2.06 bits per heavy atom. The molecule has 0 aliphatic rings. The molecule has 0 aliphatic heterocycles. The van der Waals surface area contributed by atoms with E-state index in [1.165, 1.54) is 10.4 Å². The summed E-state index contributed by atoms with van der Waals surface area (Å²) in [6.07, 6.45) is 0. The molecule has 2 aromatic rings. The molecule has 0 spiro atoms. The highest BCUT2D eigenvalue weighted by Gasteiger charge is 2.03. The van der Waals surface area contributed by atoms with Crippen molar-refractivity contribution in [3.8, 4) is 0 Å². The molecule has 0 bridgehead atoms. The van der Waals surface area contributed by atoms with Gasteiger partial charge in [0.1, 0.15) is 0 Å². The van der Waals surface area contributed by atoms with Crippen LogP contribution in [0.15, 0.2) is 35.7 Å². The lowest BCUT2D eigenvalue weighted by Crippen LogP contribution is -2.16. The van der Waals surface area contributed by atoms with Gasteiger partial charge in [-0.1, -0.05) is 18.2 Å². The van der Waals surface area contributed by atoms with Gasteiger partial charge in [-0.25, -0.2) is 0 Å². The van der Waals surface area contributed by atoms with E-state index in [-0.39, 0.29) is 0 Å². The summed E-state index contributed by atoms with van der Waals surface area (Å²) < 4.78 is 0. The molecule has 3 heteroatoms. The average molecular weight is 246 g/mol. The minimum Gasteiger partial charge on any atom is -0.399 e. The Balaban J connectivity index is 1.98. The van der Waals surface area contributed by atoms with Gasteiger partial charge < -0.3 is 5.73 Å². The Bertz CT molecular complexity index is 477. The number of anilines is 1. The molecule has 90 valence electrons. The lowest BCUT2D eigenvalue weighted by Gasteiger charge is -2.16. The largest absolute Gasteiger partial charge is 0.399 e. The van der Waals surface area contributed by atoms with E-state index in [1.54, 1.807) is 11.3 Å². The Morgan fingerprint density at radius 3 is 2.71 bits per heavy atom. The van der Waals surface area contributed by atoms with Gasteiger partial charge in [0.2, 0.25) is 0 Å². The van der Waals surface area contributed by atoms with E-state index in [1.807, 2.05) is 6.92 Å². The number of nitrogens with two attached hydrogens (primary N) is 1. The zero-order valence-corrected chi connectivity index (χ0v) is 11.1. The number of benzene rings is 1. The van der Waals surface area contributed by atoms with Gasteiger partial charge in [-0.2, -0.15) is 0 Å². The first-order valence-electron chi connectivity index (χ1n) is 5.71. The molecule has 1 aromatic carbocycles. The van der Waals surface area contributed by atoms with Gasteiger partial charge in [0.05, 0.1) is 0 Å². The summed E-state index contributed by atoms with van der Waals surface area (Å²) in [7, 11) is 2.13. The maximum atomic E-state index is 5.92. The van der Waals surface area contributed by atoms with Crippen LogP contribution in [0.25, 0.3) is 0 Å². The van der Waals surface area contributed by atoms with Crippen LogP contribution in [0.5, 0.6) is 0 Å². The minimum absolute atomic E-state index is 0.882. The first-order valence-corrected chi connectivity index (χ1v) is 6.59. The molecule has 1 aromatic heterocycles. The van der Waals surface area contributed by atoms with E-state index in [4.69, 9.17) is 5.73 Å². The van der Waals surface area contributed by atoms with E-state index in [2.05, 4.69) is 47.7 Å². The Morgan fingerprint density at radius 1 is 1.24 bits per heavy atom. The number of rotatable bonds is 4. The van der Waals surface area contributed by atoms with Gasteiger partial charge in [-0.15, -0.1) is 11.3 Å². The molecule has 17 heavy (non-hydrogen) atoms. The van der Waals surface area contributed by atoms with Crippen molar-refractivity contribution in [2.45, 2.75) is 20.0 Å². The van der Waals surface area contributed by atoms with Gasteiger partial charge in [-0.05, 0) is 42.6 Å². The fraction of sp³-hybridized carbons (Fsp3) is 0.286. The van der Waals surface area contributed by atoms with Crippen LogP contribution >= 0.6 is 11.3 Å². The van der Waals surface area contributed by atoms with Crippen LogP contribution in [0.4, 0.5) is 5.69 Å². The quantitative estimate of drug-likeness (QED) is 0.839. The van der Waals surface area contributed by atoms with Crippen LogP contribution in [0.1, 0.15) is 16.0 Å². The zero-order chi connectivity index (χ0) is 12.3. The third kappa shape index (κ3) is 3.32. The fourth-order valence-corrected chi connectivity index (χ4v) is 2.61. The molecular weight excluding hydrogens is 228 g/mol. The van der Waals surface area contributed by atoms with E-state index in [0.29, 0.717) is 0 Å². The summed E-state index contributed by atoms with van der Waals surface area (Å²) in [6.45, 7) is 3.96. The molecule has 0 aliphatic carbocycles. The summed E-state index contributed by atoms with van der Waals surface area (Å²) in [5.74, 6) is 0. The van der Waals surface area contributed by atoms with E-state index < -0.39 is 0 Å². The summed E-state index contributed by atoms with van der Waals surface area (Å²) in [5.41, 5.74) is 9.22. The number of hydrogen-bond acceptors (Lipinski definition) is 3. The van der Waals surface area contributed by atoms with Gasteiger partial charge in [0.15, 0.2) is 0 Å². The topological polar surface area (TPSA) is 29.3 Å². The van der Waals surface area contributed by atoms with Gasteiger partial charge in [-0.3, -0.25) is 4.90 Å². The van der Waals surface area contributed by atoms with Crippen molar-refractivity contribution >= 4 is 17.0 Å². The van der Waals surface area contributed by atoms with Crippen molar-refractivity contribution < 1.29 is 0 Å². The molecule has 2 N–H and O–H groups in total. The Hall–Kier alpha value is -1.32. The molecular formula is C14H18N2S. The van der Waals surface area contributed by atoms with Crippen molar-refractivity contribution in [1.29, 1.82) is 0 Å². The Kier molecular flexibility index (Phi) is 3.82. The Labute approximate surface area is 107 Å². The lowest BCUT2D eigenvalue weighted by molar-refractivity contribution is 0.322. The molecule has 1 heterocycles. The van der Waals surface area contributed by atoms with Crippen molar-refractivity contribution in [2.24, 2.45) is 0 Å². The summed E-state index contributed by atoms with van der Waals surface area (Å²) in [6, 6.07) is 10.6. The van der Waals surface area contributed by atoms with Crippen LogP contribution in [0.2, 0.25) is 0 Å². The van der Waals surface area contributed by atoms with E-state index in [0.717, 1.165) is 24.3 Å². The predicted molar refractivity (Wildman–Crippen MR) is 75.1 cm³/mol. The average Bonchev–Trinajstić information content (AvgIpc) is 2.76. The minimum atomic E-state index is 0.882. The summed E-state index contributed by atoms with van der Waals surface area (Å²) in [4.78, 5) is 3.70. The lowest BCUT2D eigenvalue weighted by atomic mass is 10.1. The highest BCUT2D eigenvalue weighted by molar-refractivity contribution is 7.09. The molecule has 2 rings (SSSR count). The molecule has 0 fully saturated rings. The zero-order valence-electron chi connectivity index (χ0n) is 10.3. The molecule has 0 amide bonds. The predicted octanol–water partition coefficient (Wildman–Crippen LogP) is 3.27. The number of thiophene rings is 1. The van der Waals surface area contributed by atoms with Crippen molar-refractivity contribution in [3.63, 3.8) is 0 Å². The number of aryl methyl sites for hydroxylation is 1. The van der Waals surface area contributed by atoms with Crippen molar-refractivity contribution in [1.82, 2.24) is 4.90 Å². The van der Waals surface area contributed by atoms with Gasteiger partial charge in [0, 0.05) is 23.7 Å². The van der Waals surface area contributed by atoms with Crippen LogP contribution in [0.3, 0.4) is 0 Å². The molecule has 0 unspecified atom stereocenters. The second kappa shape index (κ2) is 5.34. The standard InChI is InChI=1S/C14H18N2S/c1-11-5-6-12(8-14(11)15)9-16(2)10-13-4-3-7-17-13/h3-8H,9-10,15H2,1-2H3. The van der Waals surface area contributed by atoms with Gasteiger partial charge >= 0.3 is 0 Å². The van der Waals surface area contributed by atoms with Crippen molar-refractivity contribution in [3.05, 3.63) is 51.7 Å². The SMILES string of the molecule is Cc1ccc(CN(C)Cc2cccs2)cc1N. The monoisotopic (exact) mass is 246 g/mol. The third-order valence-electron chi connectivity index (χ3n) is 2.80. The molecule has 0 radical (unpaired) electrons. The number of nitrogens with zero attached hydrogens (tertiary/aromatic N) is 1. The molecule has 0 saturated carbocycles. The van der Waals surface area contributed by atoms with Crippen LogP contribution in [-0.4, -0.2) is 11.9 Å². The first kappa shape index (κ1) is 12.1. The maximum absolute atomic E-state index is 5.92. The molecule has 0 saturated heterocycles.